The number of carbonyl (C=O) groups excluding carboxylic acids is 2. The van der Waals surface area contributed by atoms with Crippen molar-refractivity contribution in [3.05, 3.63) is 53.8 Å². The van der Waals surface area contributed by atoms with Gasteiger partial charge >= 0.3 is 0 Å². The number of hydrogen-bond acceptors (Lipinski definition) is 5. The zero-order valence-electron chi connectivity index (χ0n) is 16.9. The SMILES string of the molecule is Cc1oc2ccc(-c3nc4ccccc4n3C)cc2c1C(=O)N[C@@](C)(CO)C(N)=O. The Labute approximate surface area is 172 Å². The van der Waals surface area contributed by atoms with Gasteiger partial charge in [0, 0.05) is 18.0 Å². The van der Waals surface area contributed by atoms with Crippen molar-refractivity contribution in [1.82, 2.24) is 14.9 Å². The molecule has 0 aliphatic heterocycles. The number of nitrogens with one attached hydrogen (secondary N) is 1. The maximum atomic E-state index is 13.0. The Morgan fingerprint density at radius 3 is 2.67 bits per heavy atom. The largest absolute Gasteiger partial charge is 0.461 e. The molecule has 0 saturated carbocycles. The van der Waals surface area contributed by atoms with Gasteiger partial charge in [0.1, 0.15) is 22.7 Å². The molecule has 0 unspecified atom stereocenters. The Balaban J connectivity index is 1.82. The first-order valence-corrected chi connectivity index (χ1v) is 9.43. The quantitative estimate of drug-likeness (QED) is 0.469. The number of carbonyl (C=O) groups is 2. The van der Waals surface area contributed by atoms with Gasteiger partial charge in [0.25, 0.3) is 5.91 Å². The van der Waals surface area contributed by atoms with Crippen molar-refractivity contribution in [2.24, 2.45) is 12.8 Å². The first kappa shape index (κ1) is 19.7. The number of benzene rings is 2. The van der Waals surface area contributed by atoms with Crippen LogP contribution in [0.1, 0.15) is 23.0 Å². The average Bonchev–Trinajstić information content (AvgIpc) is 3.23. The highest BCUT2D eigenvalue weighted by Gasteiger charge is 2.34. The van der Waals surface area contributed by atoms with E-state index in [4.69, 9.17) is 15.1 Å². The Morgan fingerprint density at radius 1 is 1.27 bits per heavy atom. The number of imidazole rings is 1. The predicted octanol–water partition coefficient (Wildman–Crippen LogP) is 2.26. The third kappa shape index (κ3) is 3.02. The first-order chi connectivity index (χ1) is 14.2. The number of furan rings is 1. The van der Waals surface area contributed by atoms with Gasteiger partial charge in [0.15, 0.2) is 0 Å². The monoisotopic (exact) mass is 406 g/mol. The normalized spacial score (nSPS) is 13.5. The molecule has 30 heavy (non-hydrogen) atoms. The van der Waals surface area contributed by atoms with Crippen molar-refractivity contribution in [1.29, 1.82) is 0 Å². The van der Waals surface area contributed by atoms with Crippen LogP contribution in [0.15, 0.2) is 46.9 Å². The Morgan fingerprint density at radius 2 is 2.00 bits per heavy atom. The number of para-hydroxylation sites is 2. The second-order valence-corrected chi connectivity index (χ2v) is 7.54. The van der Waals surface area contributed by atoms with Crippen molar-refractivity contribution < 1.29 is 19.1 Å². The molecule has 4 N–H and O–H groups in total. The fourth-order valence-electron chi connectivity index (χ4n) is 3.54. The van der Waals surface area contributed by atoms with Gasteiger partial charge in [-0.25, -0.2) is 4.98 Å². The molecule has 8 heteroatoms. The van der Waals surface area contributed by atoms with E-state index in [0.717, 1.165) is 22.4 Å². The van der Waals surface area contributed by atoms with E-state index in [1.54, 1.807) is 13.0 Å². The summed E-state index contributed by atoms with van der Waals surface area (Å²) in [5, 5.41) is 12.6. The summed E-state index contributed by atoms with van der Waals surface area (Å²) in [5.74, 6) is -0.233. The predicted molar refractivity (Wildman–Crippen MR) is 113 cm³/mol. The van der Waals surface area contributed by atoms with Crippen molar-refractivity contribution in [3.8, 4) is 11.4 Å². The molecule has 0 spiro atoms. The minimum atomic E-state index is -1.58. The molecule has 4 rings (SSSR count). The second-order valence-electron chi connectivity index (χ2n) is 7.54. The highest BCUT2D eigenvalue weighted by atomic mass is 16.3. The molecule has 0 radical (unpaired) electrons. The van der Waals surface area contributed by atoms with Gasteiger partial charge in [-0.05, 0) is 44.2 Å². The van der Waals surface area contributed by atoms with E-state index in [2.05, 4.69) is 5.32 Å². The second kappa shape index (κ2) is 7.00. The molecule has 0 fully saturated rings. The van der Waals surface area contributed by atoms with E-state index < -0.39 is 24.0 Å². The summed E-state index contributed by atoms with van der Waals surface area (Å²) in [4.78, 5) is 29.3. The molecule has 4 aromatic rings. The minimum absolute atomic E-state index is 0.284. The number of aryl methyl sites for hydroxylation is 2. The van der Waals surface area contributed by atoms with Gasteiger partial charge in [-0.3, -0.25) is 9.59 Å². The molecule has 0 saturated heterocycles. The van der Waals surface area contributed by atoms with Crippen LogP contribution in [-0.4, -0.2) is 38.6 Å². The van der Waals surface area contributed by atoms with Crippen molar-refractivity contribution >= 4 is 33.8 Å². The number of aliphatic hydroxyl groups is 1. The van der Waals surface area contributed by atoms with Crippen LogP contribution >= 0.6 is 0 Å². The molecule has 1 atom stereocenters. The first-order valence-electron chi connectivity index (χ1n) is 9.43. The van der Waals surface area contributed by atoms with Crippen LogP contribution in [0.2, 0.25) is 0 Å². The van der Waals surface area contributed by atoms with Crippen molar-refractivity contribution in [2.45, 2.75) is 19.4 Å². The highest BCUT2D eigenvalue weighted by molar-refractivity contribution is 6.09. The topological polar surface area (TPSA) is 123 Å². The lowest BCUT2D eigenvalue weighted by Gasteiger charge is -2.24. The molecule has 8 nitrogen and oxygen atoms in total. The number of amides is 2. The molecule has 0 aliphatic rings. The van der Waals surface area contributed by atoms with Crippen LogP contribution in [-0.2, 0) is 11.8 Å². The van der Waals surface area contributed by atoms with Crippen LogP contribution in [0.5, 0.6) is 0 Å². The number of aliphatic hydroxyl groups excluding tert-OH is 1. The van der Waals surface area contributed by atoms with Crippen LogP contribution in [0.3, 0.4) is 0 Å². The summed E-state index contributed by atoms with van der Waals surface area (Å²) in [6.45, 7) is 2.42. The van der Waals surface area contributed by atoms with Crippen LogP contribution in [0, 0.1) is 6.92 Å². The van der Waals surface area contributed by atoms with Crippen LogP contribution in [0.4, 0.5) is 0 Å². The molecule has 0 aliphatic carbocycles. The Bertz CT molecular complexity index is 1300. The third-order valence-corrected chi connectivity index (χ3v) is 5.39. The number of nitrogens with two attached hydrogens (primary N) is 1. The van der Waals surface area contributed by atoms with Crippen molar-refractivity contribution in [3.63, 3.8) is 0 Å². The molecule has 0 bridgehead atoms. The van der Waals surface area contributed by atoms with E-state index in [9.17, 15) is 14.7 Å². The van der Waals surface area contributed by atoms with E-state index in [1.807, 2.05) is 48.0 Å². The molecule has 154 valence electrons. The number of hydrogen-bond donors (Lipinski definition) is 3. The Kier molecular flexibility index (Phi) is 4.58. The zero-order valence-corrected chi connectivity index (χ0v) is 16.9. The lowest BCUT2D eigenvalue weighted by Crippen LogP contribution is -2.57. The highest BCUT2D eigenvalue weighted by Crippen LogP contribution is 2.31. The number of primary amides is 1. The van der Waals surface area contributed by atoms with E-state index in [-0.39, 0.29) is 5.56 Å². The maximum absolute atomic E-state index is 13.0. The van der Waals surface area contributed by atoms with E-state index in [0.29, 0.717) is 16.7 Å². The fourth-order valence-corrected chi connectivity index (χ4v) is 3.54. The van der Waals surface area contributed by atoms with E-state index in [1.165, 1.54) is 6.92 Å². The molecule has 2 amide bonds. The lowest BCUT2D eigenvalue weighted by atomic mass is 10.0. The molecular weight excluding hydrogens is 384 g/mol. The summed E-state index contributed by atoms with van der Waals surface area (Å²) in [7, 11) is 1.93. The summed E-state index contributed by atoms with van der Waals surface area (Å²) in [5.41, 5.74) is 7.26. The van der Waals surface area contributed by atoms with Gasteiger partial charge in [-0.2, -0.15) is 0 Å². The van der Waals surface area contributed by atoms with Crippen molar-refractivity contribution in [2.75, 3.05) is 6.61 Å². The Hall–Kier alpha value is -3.65. The average molecular weight is 406 g/mol. The van der Waals surface area contributed by atoms with Gasteiger partial charge in [-0.15, -0.1) is 0 Å². The number of nitrogens with zero attached hydrogens (tertiary/aromatic N) is 2. The fraction of sp³-hybridized carbons (Fsp3) is 0.227. The number of aromatic nitrogens is 2. The van der Waals surface area contributed by atoms with Gasteiger partial charge in [0.05, 0.1) is 23.2 Å². The maximum Gasteiger partial charge on any atom is 0.256 e. The van der Waals surface area contributed by atoms with Crippen LogP contribution in [0.25, 0.3) is 33.4 Å². The molecule has 2 aromatic carbocycles. The number of rotatable bonds is 5. The van der Waals surface area contributed by atoms with Gasteiger partial charge in [-0.1, -0.05) is 12.1 Å². The lowest BCUT2D eigenvalue weighted by molar-refractivity contribution is -0.124. The molecule has 2 aromatic heterocycles. The minimum Gasteiger partial charge on any atom is -0.461 e. The third-order valence-electron chi connectivity index (χ3n) is 5.39. The molecular formula is C22H22N4O4. The summed E-state index contributed by atoms with van der Waals surface area (Å²) in [6.07, 6.45) is 0. The summed E-state index contributed by atoms with van der Waals surface area (Å²) < 4.78 is 7.73. The van der Waals surface area contributed by atoms with E-state index >= 15 is 0 Å². The summed E-state index contributed by atoms with van der Waals surface area (Å²) in [6, 6.07) is 13.3. The summed E-state index contributed by atoms with van der Waals surface area (Å²) >= 11 is 0. The van der Waals surface area contributed by atoms with Gasteiger partial charge in [0.2, 0.25) is 5.91 Å². The van der Waals surface area contributed by atoms with Crippen LogP contribution < -0.4 is 11.1 Å². The smallest absolute Gasteiger partial charge is 0.256 e. The zero-order chi connectivity index (χ0) is 21.6. The standard InChI is InChI=1S/C22H22N4O4/c1-12-18(20(28)25-22(2,11-27)21(23)29)14-10-13(8-9-17(14)30-12)19-24-15-6-4-5-7-16(15)26(19)3/h4-10,27H,11H2,1-3H3,(H2,23,29)(H,25,28)/t22-/m0/s1. The molecule has 2 heterocycles. The van der Waals surface area contributed by atoms with Gasteiger partial charge < -0.3 is 25.1 Å². The number of fused-ring (bicyclic) bond motifs is 2.